The normalized spacial score (nSPS) is 10.1. The van der Waals surface area contributed by atoms with Gasteiger partial charge >= 0.3 is 11.9 Å². The first kappa shape index (κ1) is 20.7. The van der Waals surface area contributed by atoms with Crippen LogP contribution in [0.2, 0.25) is 0 Å². The minimum atomic E-state index is -1.08. The lowest BCUT2D eigenvalue weighted by Crippen LogP contribution is -2.00. The Morgan fingerprint density at radius 2 is 1.68 bits per heavy atom. The van der Waals surface area contributed by atoms with Crippen LogP contribution in [0.3, 0.4) is 0 Å². The van der Waals surface area contributed by atoms with E-state index >= 15 is 0 Å². The summed E-state index contributed by atoms with van der Waals surface area (Å²) in [4.78, 5) is 23.7. The molecule has 2 aromatic carbocycles. The number of hydrogen-bond donors (Lipinski definition) is 3. The van der Waals surface area contributed by atoms with Gasteiger partial charge in [0.15, 0.2) is 0 Å². The molecule has 0 saturated heterocycles. The Labute approximate surface area is 161 Å². The van der Waals surface area contributed by atoms with Gasteiger partial charge in [0.2, 0.25) is 0 Å². The summed E-state index contributed by atoms with van der Waals surface area (Å²) in [5.41, 5.74) is 3.92. The average molecular weight is 383 g/mol. The van der Waals surface area contributed by atoms with Crippen LogP contribution in [0.1, 0.15) is 18.4 Å². The van der Waals surface area contributed by atoms with E-state index in [-0.39, 0.29) is 12.8 Å². The number of carboxylic acids is 2. The lowest BCUT2D eigenvalue weighted by molar-refractivity contribution is -0.143. The maximum atomic E-state index is 9.64. The van der Waals surface area contributed by atoms with Crippen molar-refractivity contribution in [3.8, 4) is 22.6 Å². The standard InChI is InChI=1S/C17H15NO2.C4H6O4/c1-11-9-12(3-6-17(11)19)14-7-8-18-16-10-13(20-2)4-5-15(14)16;5-3(6)1-2-4(7)8/h3-10,19H,1-2H3;1-2H2,(H,5,6)(H,7,8). The van der Waals surface area contributed by atoms with Gasteiger partial charge in [-0.3, -0.25) is 14.6 Å². The second kappa shape index (κ2) is 9.36. The van der Waals surface area contributed by atoms with E-state index in [0.717, 1.165) is 33.3 Å². The average Bonchev–Trinajstić information content (AvgIpc) is 2.68. The van der Waals surface area contributed by atoms with Gasteiger partial charge in [0, 0.05) is 17.6 Å². The second-order valence-corrected chi connectivity index (χ2v) is 6.03. The molecule has 0 atom stereocenters. The van der Waals surface area contributed by atoms with Gasteiger partial charge in [-0.25, -0.2) is 0 Å². The van der Waals surface area contributed by atoms with E-state index in [9.17, 15) is 14.7 Å². The van der Waals surface area contributed by atoms with Gasteiger partial charge in [-0.2, -0.15) is 0 Å². The zero-order valence-electron chi connectivity index (χ0n) is 15.5. The van der Waals surface area contributed by atoms with Crippen LogP contribution in [-0.2, 0) is 9.59 Å². The van der Waals surface area contributed by atoms with Crippen molar-refractivity contribution in [1.82, 2.24) is 4.98 Å². The Morgan fingerprint density at radius 3 is 2.25 bits per heavy atom. The van der Waals surface area contributed by atoms with E-state index in [1.54, 1.807) is 19.4 Å². The number of aliphatic carboxylic acids is 2. The number of aryl methyl sites for hydroxylation is 1. The number of carbonyl (C=O) groups is 2. The van der Waals surface area contributed by atoms with Gasteiger partial charge in [0.05, 0.1) is 25.5 Å². The molecule has 0 aliphatic heterocycles. The Morgan fingerprint density at radius 1 is 1.00 bits per heavy atom. The van der Waals surface area contributed by atoms with Crippen molar-refractivity contribution in [2.24, 2.45) is 0 Å². The van der Waals surface area contributed by atoms with Crippen molar-refractivity contribution < 1.29 is 29.6 Å². The second-order valence-electron chi connectivity index (χ2n) is 6.03. The van der Waals surface area contributed by atoms with E-state index in [1.165, 1.54) is 0 Å². The summed E-state index contributed by atoms with van der Waals surface area (Å²) in [6, 6.07) is 13.5. The summed E-state index contributed by atoms with van der Waals surface area (Å²) in [5, 5.41) is 26.5. The molecule has 146 valence electrons. The molecule has 0 spiro atoms. The molecule has 0 radical (unpaired) electrons. The van der Waals surface area contributed by atoms with Crippen LogP contribution < -0.4 is 4.74 Å². The van der Waals surface area contributed by atoms with Crippen LogP contribution in [0.15, 0.2) is 48.7 Å². The largest absolute Gasteiger partial charge is 0.508 e. The first-order chi connectivity index (χ1) is 13.3. The number of aromatic hydroxyl groups is 1. The number of hydrogen-bond acceptors (Lipinski definition) is 5. The fraction of sp³-hybridized carbons (Fsp3) is 0.190. The molecule has 0 aliphatic carbocycles. The zero-order valence-corrected chi connectivity index (χ0v) is 15.5. The van der Waals surface area contributed by atoms with Crippen LogP contribution in [0, 0.1) is 6.92 Å². The highest BCUT2D eigenvalue weighted by molar-refractivity contribution is 5.95. The molecule has 0 saturated carbocycles. The molecule has 3 rings (SSSR count). The van der Waals surface area contributed by atoms with Gasteiger partial charge < -0.3 is 20.1 Å². The highest BCUT2D eigenvalue weighted by atomic mass is 16.5. The molecular formula is C21H21NO6. The molecule has 28 heavy (non-hydrogen) atoms. The zero-order chi connectivity index (χ0) is 20.7. The van der Waals surface area contributed by atoms with Crippen molar-refractivity contribution in [1.29, 1.82) is 0 Å². The summed E-state index contributed by atoms with van der Waals surface area (Å²) >= 11 is 0. The molecule has 0 fully saturated rings. The summed E-state index contributed by atoms with van der Waals surface area (Å²) in [7, 11) is 1.65. The quantitative estimate of drug-likeness (QED) is 0.612. The van der Waals surface area contributed by atoms with E-state index in [2.05, 4.69) is 4.98 Å². The third-order valence-corrected chi connectivity index (χ3v) is 4.01. The lowest BCUT2D eigenvalue weighted by Gasteiger charge is -2.09. The fourth-order valence-corrected chi connectivity index (χ4v) is 2.54. The molecule has 3 aromatic rings. The Balaban J connectivity index is 0.000000300. The molecule has 7 heteroatoms. The summed E-state index contributed by atoms with van der Waals surface area (Å²) < 4.78 is 5.23. The predicted molar refractivity (Wildman–Crippen MR) is 105 cm³/mol. The molecule has 7 nitrogen and oxygen atoms in total. The van der Waals surface area contributed by atoms with Crippen molar-refractivity contribution in [2.75, 3.05) is 7.11 Å². The molecule has 0 unspecified atom stereocenters. The number of pyridine rings is 1. The van der Waals surface area contributed by atoms with Gasteiger partial charge in [0.1, 0.15) is 11.5 Å². The molecular weight excluding hydrogens is 362 g/mol. The predicted octanol–water partition coefficient (Wildman–Crippen LogP) is 3.86. The van der Waals surface area contributed by atoms with E-state index in [1.807, 2.05) is 43.3 Å². The first-order valence-electron chi connectivity index (χ1n) is 8.48. The fourth-order valence-electron chi connectivity index (χ4n) is 2.54. The molecule has 3 N–H and O–H groups in total. The van der Waals surface area contributed by atoms with Crippen molar-refractivity contribution in [3.05, 3.63) is 54.2 Å². The van der Waals surface area contributed by atoms with Gasteiger partial charge in [-0.05, 0) is 53.9 Å². The number of rotatable bonds is 5. The maximum Gasteiger partial charge on any atom is 0.303 e. The number of benzene rings is 2. The topological polar surface area (TPSA) is 117 Å². The Hall–Kier alpha value is -3.61. The minimum Gasteiger partial charge on any atom is -0.508 e. The third-order valence-electron chi connectivity index (χ3n) is 4.01. The molecule has 0 amide bonds. The van der Waals surface area contributed by atoms with Gasteiger partial charge in [-0.15, -0.1) is 0 Å². The number of phenolic OH excluding ortho intramolecular Hbond substituents is 1. The molecule has 1 aromatic heterocycles. The van der Waals surface area contributed by atoms with E-state index < -0.39 is 11.9 Å². The van der Waals surface area contributed by atoms with Crippen LogP contribution in [0.25, 0.3) is 22.0 Å². The van der Waals surface area contributed by atoms with Crippen molar-refractivity contribution >= 4 is 22.8 Å². The first-order valence-corrected chi connectivity index (χ1v) is 8.48. The van der Waals surface area contributed by atoms with Gasteiger partial charge in [-0.1, -0.05) is 6.07 Å². The number of phenols is 1. The van der Waals surface area contributed by atoms with Crippen LogP contribution in [0.4, 0.5) is 0 Å². The van der Waals surface area contributed by atoms with Crippen molar-refractivity contribution in [2.45, 2.75) is 19.8 Å². The van der Waals surface area contributed by atoms with Crippen LogP contribution >= 0.6 is 0 Å². The Kier molecular flexibility index (Phi) is 6.92. The molecule has 1 heterocycles. The number of nitrogens with zero attached hydrogens (tertiary/aromatic N) is 1. The molecule has 0 bridgehead atoms. The smallest absolute Gasteiger partial charge is 0.303 e. The van der Waals surface area contributed by atoms with E-state index in [0.29, 0.717) is 5.75 Å². The van der Waals surface area contributed by atoms with Crippen LogP contribution in [-0.4, -0.2) is 39.4 Å². The number of fused-ring (bicyclic) bond motifs is 1. The minimum absolute atomic E-state index is 0.296. The summed E-state index contributed by atoms with van der Waals surface area (Å²) in [6.45, 7) is 1.89. The van der Waals surface area contributed by atoms with Crippen molar-refractivity contribution in [3.63, 3.8) is 0 Å². The van der Waals surface area contributed by atoms with Gasteiger partial charge in [0.25, 0.3) is 0 Å². The third kappa shape index (κ3) is 5.44. The number of carboxylic acid groups (broad SMARTS) is 2. The van der Waals surface area contributed by atoms with E-state index in [4.69, 9.17) is 14.9 Å². The number of aromatic nitrogens is 1. The monoisotopic (exact) mass is 383 g/mol. The summed E-state index contributed by atoms with van der Waals surface area (Å²) in [5.74, 6) is -1.04. The lowest BCUT2D eigenvalue weighted by atomic mass is 9.99. The number of methoxy groups -OCH3 is 1. The highest BCUT2D eigenvalue weighted by Gasteiger charge is 2.07. The van der Waals surface area contributed by atoms with Crippen LogP contribution in [0.5, 0.6) is 11.5 Å². The SMILES string of the molecule is COc1ccc2c(-c3ccc(O)c(C)c3)ccnc2c1.O=C(O)CCC(=O)O. The molecule has 0 aliphatic rings. The Bertz CT molecular complexity index is 985. The maximum absolute atomic E-state index is 9.64. The summed E-state index contributed by atoms with van der Waals surface area (Å²) in [6.07, 6.45) is 1.20. The highest BCUT2D eigenvalue weighted by Crippen LogP contribution is 2.31. The number of ether oxygens (including phenoxy) is 1.